The van der Waals surface area contributed by atoms with E-state index in [1.807, 2.05) is 6.07 Å². The van der Waals surface area contributed by atoms with Gasteiger partial charge in [-0.15, -0.1) is 35.3 Å². The number of ether oxygens (including phenoxy) is 1. The van der Waals surface area contributed by atoms with Crippen molar-refractivity contribution in [2.75, 3.05) is 13.6 Å². The molecule has 26 heavy (non-hydrogen) atoms. The first-order valence-corrected chi connectivity index (χ1v) is 9.80. The molecule has 0 amide bonds. The predicted molar refractivity (Wildman–Crippen MR) is 119 cm³/mol. The van der Waals surface area contributed by atoms with Crippen molar-refractivity contribution in [2.45, 2.75) is 44.8 Å². The monoisotopic (exact) mass is 486 g/mol. The lowest BCUT2D eigenvalue weighted by Crippen LogP contribution is -2.38. The predicted octanol–water partition coefficient (Wildman–Crippen LogP) is 3.99. The van der Waals surface area contributed by atoms with Crippen molar-refractivity contribution < 1.29 is 4.74 Å². The van der Waals surface area contributed by atoms with E-state index in [0.717, 1.165) is 43.2 Å². The van der Waals surface area contributed by atoms with Gasteiger partial charge in [-0.1, -0.05) is 12.1 Å². The highest BCUT2D eigenvalue weighted by Crippen LogP contribution is 2.24. The third-order valence-corrected chi connectivity index (χ3v) is 5.28. The molecule has 2 aromatic heterocycles. The number of nitrogens with one attached hydrogen (secondary N) is 2. The SMILES string of the molecule is CN=C(NCCc1cccs1)NCc1cccnc1OC1CCCC1.I. The molecular weight excluding hydrogens is 459 g/mol. The number of hydrogen-bond acceptors (Lipinski definition) is 4. The van der Waals surface area contributed by atoms with E-state index in [9.17, 15) is 0 Å². The minimum atomic E-state index is 0. The zero-order valence-electron chi connectivity index (χ0n) is 15.1. The number of nitrogens with zero attached hydrogens (tertiary/aromatic N) is 2. The summed E-state index contributed by atoms with van der Waals surface area (Å²) in [7, 11) is 1.79. The van der Waals surface area contributed by atoms with Crippen molar-refractivity contribution in [3.8, 4) is 5.88 Å². The molecule has 142 valence electrons. The smallest absolute Gasteiger partial charge is 0.218 e. The topological polar surface area (TPSA) is 58.5 Å². The number of aromatic nitrogens is 1. The molecule has 1 fully saturated rings. The lowest BCUT2D eigenvalue weighted by atomic mass is 10.2. The third-order valence-electron chi connectivity index (χ3n) is 4.34. The summed E-state index contributed by atoms with van der Waals surface area (Å²) in [4.78, 5) is 10.1. The van der Waals surface area contributed by atoms with E-state index < -0.39 is 0 Å². The van der Waals surface area contributed by atoms with Crippen molar-refractivity contribution in [1.29, 1.82) is 0 Å². The van der Waals surface area contributed by atoms with Gasteiger partial charge in [0.2, 0.25) is 5.88 Å². The molecule has 3 rings (SSSR count). The fourth-order valence-corrected chi connectivity index (χ4v) is 3.70. The average molecular weight is 486 g/mol. The summed E-state index contributed by atoms with van der Waals surface area (Å²) in [5.74, 6) is 1.54. The van der Waals surface area contributed by atoms with Gasteiger partial charge in [0.25, 0.3) is 0 Å². The zero-order chi connectivity index (χ0) is 17.3. The van der Waals surface area contributed by atoms with Crippen molar-refractivity contribution in [3.05, 3.63) is 46.3 Å². The highest BCUT2D eigenvalue weighted by atomic mass is 127. The molecule has 7 heteroatoms. The van der Waals surface area contributed by atoms with Gasteiger partial charge in [0, 0.05) is 36.8 Å². The molecule has 0 radical (unpaired) electrons. The van der Waals surface area contributed by atoms with Crippen LogP contribution in [0.2, 0.25) is 0 Å². The fourth-order valence-electron chi connectivity index (χ4n) is 2.99. The van der Waals surface area contributed by atoms with Crippen LogP contribution < -0.4 is 15.4 Å². The van der Waals surface area contributed by atoms with E-state index >= 15 is 0 Å². The summed E-state index contributed by atoms with van der Waals surface area (Å²) in [5.41, 5.74) is 1.07. The maximum atomic E-state index is 6.09. The summed E-state index contributed by atoms with van der Waals surface area (Å²) in [5, 5.41) is 8.82. The minimum absolute atomic E-state index is 0. The first-order chi connectivity index (χ1) is 12.3. The second-order valence-electron chi connectivity index (χ2n) is 6.17. The van der Waals surface area contributed by atoms with Crippen LogP contribution in [0.15, 0.2) is 40.8 Å². The average Bonchev–Trinajstić information content (AvgIpc) is 3.33. The molecule has 0 atom stereocenters. The maximum Gasteiger partial charge on any atom is 0.218 e. The van der Waals surface area contributed by atoms with E-state index in [0.29, 0.717) is 12.6 Å². The van der Waals surface area contributed by atoms with Gasteiger partial charge in [0.1, 0.15) is 6.10 Å². The molecule has 5 nitrogen and oxygen atoms in total. The van der Waals surface area contributed by atoms with Gasteiger partial charge in [-0.25, -0.2) is 4.98 Å². The van der Waals surface area contributed by atoms with Gasteiger partial charge in [-0.3, -0.25) is 4.99 Å². The van der Waals surface area contributed by atoms with E-state index in [-0.39, 0.29) is 24.0 Å². The molecule has 0 spiro atoms. The Morgan fingerprint density at radius 1 is 1.27 bits per heavy atom. The van der Waals surface area contributed by atoms with Crippen molar-refractivity contribution in [2.24, 2.45) is 4.99 Å². The molecule has 2 N–H and O–H groups in total. The number of hydrogen-bond donors (Lipinski definition) is 2. The second-order valence-corrected chi connectivity index (χ2v) is 7.21. The summed E-state index contributed by atoms with van der Waals surface area (Å²) in [6.07, 6.45) is 7.89. The molecule has 0 unspecified atom stereocenters. The summed E-state index contributed by atoms with van der Waals surface area (Å²) >= 11 is 1.78. The number of halogens is 1. The highest BCUT2D eigenvalue weighted by molar-refractivity contribution is 14.0. The lowest BCUT2D eigenvalue weighted by molar-refractivity contribution is 0.199. The zero-order valence-corrected chi connectivity index (χ0v) is 18.3. The van der Waals surface area contributed by atoms with Gasteiger partial charge in [0.05, 0.1) is 0 Å². The van der Waals surface area contributed by atoms with Crippen LogP contribution in [0.4, 0.5) is 0 Å². The summed E-state index contributed by atoms with van der Waals surface area (Å²) in [6, 6.07) is 8.25. The van der Waals surface area contributed by atoms with Crippen molar-refractivity contribution in [1.82, 2.24) is 15.6 Å². The third kappa shape index (κ3) is 6.42. The first kappa shape index (κ1) is 21.0. The van der Waals surface area contributed by atoms with Crippen LogP contribution >= 0.6 is 35.3 Å². The number of guanidine groups is 1. The molecule has 1 aliphatic carbocycles. The first-order valence-electron chi connectivity index (χ1n) is 8.92. The van der Waals surface area contributed by atoms with Crippen LogP contribution in [0.3, 0.4) is 0 Å². The van der Waals surface area contributed by atoms with Crippen molar-refractivity contribution in [3.63, 3.8) is 0 Å². The minimum Gasteiger partial charge on any atom is -0.474 e. The Kier molecular flexibility index (Phi) is 9.17. The highest BCUT2D eigenvalue weighted by Gasteiger charge is 2.18. The Labute approximate surface area is 176 Å². The fraction of sp³-hybridized carbons (Fsp3) is 0.474. The van der Waals surface area contributed by atoms with E-state index in [4.69, 9.17) is 4.74 Å². The van der Waals surface area contributed by atoms with Gasteiger partial charge in [-0.2, -0.15) is 0 Å². The number of rotatable bonds is 7. The Bertz CT molecular complexity index is 672. The summed E-state index contributed by atoms with van der Waals surface area (Å²) in [6.45, 7) is 1.51. The molecule has 1 saturated carbocycles. The molecule has 0 saturated heterocycles. The summed E-state index contributed by atoms with van der Waals surface area (Å²) < 4.78 is 6.09. The van der Waals surface area contributed by atoms with E-state index in [2.05, 4.69) is 44.2 Å². The molecule has 2 aromatic rings. The van der Waals surface area contributed by atoms with Crippen LogP contribution in [0, 0.1) is 0 Å². The van der Waals surface area contributed by atoms with Crippen LogP contribution in [0.5, 0.6) is 5.88 Å². The maximum absolute atomic E-state index is 6.09. The van der Waals surface area contributed by atoms with Crippen LogP contribution in [-0.4, -0.2) is 30.6 Å². The lowest BCUT2D eigenvalue weighted by Gasteiger charge is -2.16. The van der Waals surface area contributed by atoms with Crippen molar-refractivity contribution >= 4 is 41.3 Å². The van der Waals surface area contributed by atoms with Gasteiger partial charge in [-0.05, 0) is 49.6 Å². The van der Waals surface area contributed by atoms with Crippen LogP contribution in [0.25, 0.3) is 0 Å². The Hall–Kier alpha value is -1.35. The number of aliphatic imine (C=N–C) groups is 1. The van der Waals surface area contributed by atoms with Gasteiger partial charge in [0.15, 0.2) is 5.96 Å². The Balaban J connectivity index is 0.00000243. The normalized spacial score (nSPS) is 14.7. The van der Waals surface area contributed by atoms with Crippen LogP contribution in [-0.2, 0) is 13.0 Å². The largest absolute Gasteiger partial charge is 0.474 e. The Morgan fingerprint density at radius 2 is 2.12 bits per heavy atom. The van der Waals surface area contributed by atoms with E-state index in [1.165, 1.54) is 17.7 Å². The van der Waals surface area contributed by atoms with Crippen LogP contribution in [0.1, 0.15) is 36.1 Å². The number of pyridine rings is 1. The molecule has 1 aliphatic rings. The Morgan fingerprint density at radius 3 is 2.85 bits per heavy atom. The van der Waals surface area contributed by atoms with Gasteiger partial charge >= 0.3 is 0 Å². The number of thiophene rings is 1. The molecular formula is C19H27IN4OS. The molecule has 0 bridgehead atoms. The quantitative estimate of drug-likeness (QED) is 0.353. The standard InChI is InChI=1S/C19H26N4OS.HI/c1-20-19(22-12-10-17-9-5-13-25-17)23-14-15-6-4-11-21-18(15)24-16-7-2-3-8-16;/h4-6,9,11,13,16H,2-3,7-8,10,12,14H2,1H3,(H2,20,22,23);1H. The van der Waals surface area contributed by atoms with E-state index in [1.54, 1.807) is 24.6 Å². The molecule has 0 aliphatic heterocycles. The van der Waals surface area contributed by atoms with Gasteiger partial charge < -0.3 is 15.4 Å². The molecule has 0 aromatic carbocycles. The molecule has 2 heterocycles. The second kappa shape index (κ2) is 11.4.